The predicted octanol–water partition coefficient (Wildman–Crippen LogP) is 4.14. The van der Waals surface area contributed by atoms with Crippen molar-refractivity contribution >= 4 is 29.8 Å². The maximum Gasteiger partial charge on any atom is 0.422 e. The lowest BCUT2D eigenvalue weighted by Crippen LogP contribution is -2.51. The number of hydrogen-bond acceptors (Lipinski definition) is 9. The number of fused-ring (bicyclic) bond motifs is 1. The number of aliphatic hydroxyl groups excluding tert-OH is 1. The average molecular weight is 727 g/mol. The van der Waals surface area contributed by atoms with Gasteiger partial charge < -0.3 is 34.3 Å². The molecular formula is C38H41F3N2O9. The van der Waals surface area contributed by atoms with Crippen molar-refractivity contribution in [2.45, 2.75) is 74.8 Å². The van der Waals surface area contributed by atoms with Gasteiger partial charge in [-0.05, 0) is 61.1 Å². The number of hydrogen-bond donors (Lipinski definition) is 2. The second-order valence-corrected chi connectivity index (χ2v) is 13.6. The number of rotatable bonds is 14. The Morgan fingerprint density at radius 1 is 1.04 bits per heavy atom. The van der Waals surface area contributed by atoms with Crippen molar-refractivity contribution in [2.75, 3.05) is 26.8 Å². The number of alkyl halides is 3. The molecule has 0 aromatic heterocycles. The Balaban J connectivity index is 1.22. The molecule has 14 heteroatoms. The number of likely N-dealkylation sites (N-methyl/N-ethyl adjacent to an activating group) is 1. The molecule has 2 aromatic carbocycles. The summed E-state index contributed by atoms with van der Waals surface area (Å²) in [6.07, 6.45) is 0.701. The van der Waals surface area contributed by atoms with Gasteiger partial charge in [0, 0.05) is 49.9 Å². The molecule has 4 atom stereocenters. The molecule has 3 aliphatic carbocycles. The van der Waals surface area contributed by atoms with Crippen LogP contribution in [0, 0.1) is 11.8 Å². The summed E-state index contributed by atoms with van der Waals surface area (Å²) in [5.74, 6) is -3.30. The van der Waals surface area contributed by atoms with Gasteiger partial charge >= 0.3 is 18.1 Å². The number of carbonyl (C=O) groups excluding carboxylic acids is 4. The molecule has 1 heterocycles. The van der Waals surface area contributed by atoms with Crippen molar-refractivity contribution in [1.82, 2.24) is 10.2 Å². The first-order valence-electron chi connectivity index (χ1n) is 17.4. The Hall–Kier alpha value is -4.53. The first-order chi connectivity index (χ1) is 24.9. The van der Waals surface area contributed by atoms with Crippen LogP contribution in [0.2, 0.25) is 0 Å². The highest BCUT2D eigenvalue weighted by Gasteiger charge is 2.64. The maximum atomic E-state index is 14.2. The molecule has 11 nitrogen and oxygen atoms in total. The molecule has 0 radical (unpaired) electrons. The second-order valence-electron chi connectivity index (χ2n) is 13.6. The number of ether oxygens (including phenoxy) is 4. The lowest BCUT2D eigenvalue weighted by atomic mass is 9.90. The van der Waals surface area contributed by atoms with Gasteiger partial charge in [-0.2, -0.15) is 13.2 Å². The monoisotopic (exact) mass is 726 g/mol. The molecule has 52 heavy (non-hydrogen) atoms. The zero-order valence-corrected chi connectivity index (χ0v) is 28.6. The number of nitrogens with one attached hydrogen (secondary N) is 1. The van der Waals surface area contributed by atoms with Crippen LogP contribution in [0.5, 0.6) is 0 Å². The van der Waals surface area contributed by atoms with Crippen molar-refractivity contribution in [2.24, 2.45) is 11.8 Å². The lowest BCUT2D eigenvalue weighted by Gasteiger charge is -2.33. The fourth-order valence-electron chi connectivity index (χ4n) is 6.81. The minimum Gasteiger partial charge on any atom is -0.456 e. The number of aliphatic hydroxyl groups is 1. The zero-order valence-electron chi connectivity index (χ0n) is 28.6. The third-order valence-corrected chi connectivity index (χ3v) is 9.63. The molecule has 2 aromatic rings. The quantitative estimate of drug-likeness (QED) is 0.217. The van der Waals surface area contributed by atoms with Gasteiger partial charge in [-0.15, -0.1) is 0 Å². The van der Waals surface area contributed by atoms with E-state index in [0.29, 0.717) is 5.56 Å². The summed E-state index contributed by atoms with van der Waals surface area (Å²) >= 11 is 0. The van der Waals surface area contributed by atoms with Crippen LogP contribution in [-0.2, 0) is 39.8 Å². The number of halogens is 3. The second kappa shape index (κ2) is 15.6. The van der Waals surface area contributed by atoms with Gasteiger partial charge in [-0.3, -0.25) is 9.59 Å². The predicted molar refractivity (Wildman–Crippen MR) is 179 cm³/mol. The van der Waals surface area contributed by atoms with E-state index in [9.17, 15) is 37.5 Å². The highest BCUT2D eigenvalue weighted by atomic mass is 19.4. The fourth-order valence-corrected chi connectivity index (χ4v) is 6.81. The van der Waals surface area contributed by atoms with Crippen LogP contribution in [0.4, 0.5) is 13.2 Å². The topological polar surface area (TPSA) is 141 Å². The molecule has 278 valence electrons. The van der Waals surface area contributed by atoms with E-state index in [2.05, 4.69) is 10.1 Å². The van der Waals surface area contributed by atoms with Crippen LogP contribution in [0.15, 0.2) is 72.3 Å². The molecule has 3 fully saturated rings. The summed E-state index contributed by atoms with van der Waals surface area (Å²) in [5, 5.41) is 12.0. The smallest absolute Gasteiger partial charge is 0.422 e. The largest absolute Gasteiger partial charge is 0.456 e. The molecule has 0 spiro atoms. The Labute approximate surface area is 298 Å². The van der Waals surface area contributed by atoms with Gasteiger partial charge in [-0.25, -0.2) is 9.59 Å². The average Bonchev–Trinajstić information content (AvgIpc) is 4.08. The summed E-state index contributed by atoms with van der Waals surface area (Å²) in [7, 11) is 1.53. The molecule has 4 aliphatic rings. The molecular weight excluding hydrogens is 685 g/mol. The minimum absolute atomic E-state index is 0.0192. The van der Waals surface area contributed by atoms with Gasteiger partial charge in [0.2, 0.25) is 11.8 Å². The molecule has 0 bridgehead atoms. The van der Waals surface area contributed by atoms with Crippen molar-refractivity contribution in [3.8, 4) is 0 Å². The first kappa shape index (κ1) is 37.2. The molecule has 6 rings (SSSR count). The van der Waals surface area contributed by atoms with E-state index >= 15 is 0 Å². The number of nitrogens with zero attached hydrogens (tertiary/aromatic N) is 1. The summed E-state index contributed by atoms with van der Waals surface area (Å²) in [6.45, 7) is -1.97. The van der Waals surface area contributed by atoms with Crippen molar-refractivity contribution in [3.05, 3.63) is 89.0 Å². The van der Waals surface area contributed by atoms with Crippen molar-refractivity contribution in [1.29, 1.82) is 0 Å². The van der Waals surface area contributed by atoms with Crippen LogP contribution >= 0.6 is 0 Å². The van der Waals surface area contributed by atoms with Crippen LogP contribution in [-0.4, -0.2) is 96.9 Å². The fraction of sp³-hybridized carbons (Fsp3) is 0.474. The van der Waals surface area contributed by atoms with E-state index in [1.165, 1.54) is 36.2 Å². The Morgan fingerprint density at radius 3 is 2.40 bits per heavy atom. The third-order valence-electron chi connectivity index (χ3n) is 9.63. The zero-order chi connectivity index (χ0) is 37.0. The lowest BCUT2D eigenvalue weighted by molar-refractivity contribution is -0.209. The summed E-state index contributed by atoms with van der Waals surface area (Å²) < 4.78 is 60.8. The van der Waals surface area contributed by atoms with E-state index in [1.807, 2.05) is 30.3 Å². The number of amides is 2. The summed E-state index contributed by atoms with van der Waals surface area (Å²) in [6, 6.07) is 14.3. The van der Waals surface area contributed by atoms with Gasteiger partial charge in [-0.1, -0.05) is 42.5 Å². The number of esters is 2. The molecule has 2 saturated carbocycles. The SMILES string of the molecule is CN(C(=O)C1=C[C@H]2OC(C3CC3)(C3CC3)O[C@H]2[C@H](OC(=O)c2cccc(C=CC(=O)OCC(F)(F)F)c2)C1)[C@H](Cc1ccccc1)C(=O)NCCO. The normalized spacial score (nSPS) is 22.9. The highest BCUT2D eigenvalue weighted by molar-refractivity contribution is 5.97. The van der Waals surface area contributed by atoms with Crippen molar-refractivity contribution in [3.63, 3.8) is 0 Å². The van der Waals surface area contributed by atoms with Crippen LogP contribution in [0.3, 0.4) is 0 Å². The molecule has 2 N–H and O–H groups in total. The van der Waals surface area contributed by atoms with Gasteiger partial charge in [0.25, 0.3) is 0 Å². The number of benzene rings is 2. The Bertz CT molecular complexity index is 1690. The van der Waals surface area contributed by atoms with E-state index in [4.69, 9.17) is 14.2 Å². The van der Waals surface area contributed by atoms with Crippen LogP contribution in [0.1, 0.15) is 53.6 Å². The summed E-state index contributed by atoms with van der Waals surface area (Å²) in [5.41, 5.74) is 1.55. The van der Waals surface area contributed by atoms with E-state index < -0.39 is 66.7 Å². The van der Waals surface area contributed by atoms with E-state index in [0.717, 1.165) is 37.3 Å². The van der Waals surface area contributed by atoms with Crippen molar-refractivity contribution < 1.29 is 56.4 Å². The first-order valence-corrected chi connectivity index (χ1v) is 17.4. The van der Waals surface area contributed by atoms with Gasteiger partial charge in [0.1, 0.15) is 24.4 Å². The molecule has 1 aliphatic heterocycles. The Morgan fingerprint density at radius 2 is 1.75 bits per heavy atom. The maximum absolute atomic E-state index is 14.2. The van der Waals surface area contributed by atoms with Gasteiger partial charge in [0.15, 0.2) is 12.4 Å². The van der Waals surface area contributed by atoms with E-state index in [1.54, 1.807) is 12.1 Å². The Kier molecular flexibility index (Phi) is 11.2. The van der Waals surface area contributed by atoms with Crippen LogP contribution in [0.25, 0.3) is 6.08 Å². The highest BCUT2D eigenvalue weighted by Crippen LogP contribution is 2.59. The van der Waals surface area contributed by atoms with E-state index in [-0.39, 0.29) is 49.0 Å². The van der Waals surface area contributed by atoms with Crippen LogP contribution < -0.4 is 5.32 Å². The standard InChI is InChI=1S/C38H41F3N2O9/c1-43(29(34(46)42-16-17-44)19-23-6-3-2-4-7-23)35(47)26-20-30(33-31(21-26)51-38(52-33,27-11-12-27)28-13-14-28)50-36(48)25-9-5-8-24(18-25)10-15-32(45)49-22-37(39,40)41/h2-10,15,18,21,27-31,33,44H,11-14,16-17,19-20,22H2,1H3,(H,42,46)/t29-,30-,31-,33+/m1/s1. The summed E-state index contributed by atoms with van der Waals surface area (Å²) in [4.78, 5) is 54.2. The molecule has 1 saturated heterocycles. The minimum atomic E-state index is -4.66. The van der Waals surface area contributed by atoms with Gasteiger partial charge in [0.05, 0.1) is 12.2 Å². The number of carbonyl (C=O) groups is 4. The third kappa shape index (κ3) is 8.91. The molecule has 2 amide bonds. The molecule has 0 unspecified atom stereocenters.